The van der Waals surface area contributed by atoms with Gasteiger partial charge < -0.3 is 5.32 Å². The molecule has 3 heteroatoms. The van der Waals surface area contributed by atoms with Crippen molar-refractivity contribution < 1.29 is 0 Å². The van der Waals surface area contributed by atoms with Gasteiger partial charge in [-0.15, -0.1) is 0 Å². The third-order valence-corrected chi connectivity index (χ3v) is 5.72. The fourth-order valence-corrected chi connectivity index (χ4v) is 3.17. The van der Waals surface area contributed by atoms with Crippen LogP contribution in [0.5, 0.6) is 0 Å². The van der Waals surface area contributed by atoms with Gasteiger partial charge in [-0.3, -0.25) is 0 Å². The van der Waals surface area contributed by atoms with Gasteiger partial charge in [-0.1, -0.05) is 57.0 Å². The first-order valence-corrected chi connectivity index (χ1v) is 7.17. The van der Waals surface area contributed by atoms with Crippen LogP contribution in [0.25, 0.3) is 0 Å². The molecule has 0 radical (unpaired) electrons. The maximum Gasteiger partial charge on any atom is 0.0595 e. The number of halogens is 2. The number of benzene rings is 1. The zero-order valence-electron chi connectivity index (χ0n) is 11.5. The smallest absolute Gasteiger partial charge is 0.0595 e. The molecule has 2 rings (SSSR count). The van der Waals surface area contributed by atoms with Crippen LogP contribution in [0.4, 0.5) is 0 Å². The molecule has 0 bridgehead atoms. The topological polar surface area (TPSA) is 12.0 Å². The standard InChI is InChI=1S/C15H21Cl2N/c1-14(2)13(15(14,3)4)9-18-8-10-5-6-11(16)12(17)7-10/h5-7,13,18H,8-9H2,1-4H3. The number of hydrogen-bond donors (Lipinski definition) is 1. The molecule has 100 valence electrons. The molecule has 1 aliphatic rings. The van der Waals surface area contributed by atoms with Crippen molar-refractivity contribution in [3.63, 3.8) is 0 Å². The lowest BCUT2D eigenvalue weighted by Crippen LogP contribution is -2.18. The van der Waals surface area contributed by atoms with E-state index in [0.29, 0.717) is 20.9 Å². The molecule has 0 heterocycles. The average molecular weight is 286 g/mol. The molecule has 1 fully saturated rings. The summed E-state index contributed by atoms with van der Waals surface area (Å²) < 4.78 is 0. The highest BCUT2D eigenvalue weighted by atomic mass is 35.5. The van der Waals surface area contributed by atoms with Crippen LogP contribution < -0.4 is 5.32 Å². The minimum atomic E-state index is 0.442. The summed E-state index contributed by atoms with van der Waals surface area (Å²) >= 11 is 11.9. The SMILES string of the molecule is CC1(C)C(CNCc2ccc(Cl)c(Cl)c2)C1(C)C. The van der Waals surface area contributed by atoms with Crippen LogP contribution >= 0.6 is 23.2 Å². The van der Waals surface area contributed by atoms with Crippen molar-refractivity contribution in [1.29, 1.82) is 0 Å². The number of hydrogen-bond acceptors (Lipinski definition) is 1. The van der Waals surface area contributed by atoms with E-state index >= 15 is 0 Å². The Morgan fingerprint density at radius 1 is 1.06 bits per heavy atom. The first kappa shape index (κ1) is 14.2. The second-order valence-corrected chi connectivity index (χ2v) is 7.19. The summed E-state index contributed by atoms with van der Waals surface area (Å²) in [4.78, 5) is 0. The Labute approximate surface area is 120 Å². The van der Waals surface area contributed by atoms with Crippen LogP contribution in [0, 0.1) is 16.7 Å². The molecule has 0 amide bonds. The molecular weight excluding hydrogens is 265 g/mol. The molecule has 0 aromatic heterocycles. The quantitative estimate of drug-likeness (QED) is 0.841. The number of rotatable bonds is 4. The summed E-state index contributed by atoms with van der Waals surface area (Å²) in [6, 6.07) is 5.80. The van der Waals surface area contributed by atoms with Crippen LogP contribution in [-0.2, 0) is 6.54 Å². The summed E-state index contributed by atoms with van der Waals surface area (Å²) in [7, 11) is 0. The van der Waals surface area contributed by atoms with Gasteiger partial charge in [0.2, 0.25) is 0 Å². The highest BCUT2D eigenvalue weighted by molar-refractivity contribution is 6.42. The van der Waals surface area contributed by atoms with E-state index in [1.165, 1.54) is 5.56 Å². The Kier molecular flexibility index (Phi) is 3.70. The van der Waals surface area contributed by atoms with Crippen LogP contribution in [0.2, 0.25) is 10.0 Å². The highest BCUT2D eigenvalue weighted by Gasteiger charge is 2.63. The highest BCUT2D eigenvalue weighted by Crippen LogP contribution is 2.67. The average Bonchev–Trinajstić information content (AvgIpc) is 2.65. The predicted molar refractivity (Wildman–Crippen MR) is 79.2 cm³/mol. The molecule has 18 heavy (non-hydrogen) atoms. The lowest BCUT2D eigenvalue weighted by atomic mass is 10.0. The van der Waals surface area contributed by atoms with E-state index in [4.69, 9.17) is 23.2 Å². The van der Waals surface area contributed by atoms with E-state index in [9.17, 15) is 0 Å². The van der Waals surface area contributed by atoms with E-state index < -0.39 is 0 Å². The molecule has 0 aliphatic heterocycles. The normalized spacial score (nSPS) is 21.0. The Morgan fingerprint density at radius 3 is 2.17 bits per heavy atom. The minimum Gasteiger partial charge on any atom is -0.312 e. The Bertz CT molecular complexity index is 438. The molecule has 0 saturated heterocycles. The van der Waals surface area contributed by atoms with Gasteiger partial charge in [-0.05, 0) is 41.0 Å². The Hall–Kier alpha value is -0.240. The molecule has 1 aliphatic carbocycles. The lowest BCUT2D eigenvalue weighted by Gasteiger charge is -2.07. The predicted octanol–water partition coefficient (Wildman–Crippen LogP) is 4.77. The van der Waals surface area contributed by atoms with Crippen LogP contribution in [-0.4, -0.2) is 6.54 Å². The molecule has 0 unspecified atom stereocenters. The zero-order valence-corrected chi connectivity index (χ0v) is 13.0. The van der Waals surface area contributed by atoms with Crippen LogP contribution in [0.1, 0.15) is 33.3 Å². The van der Waals surface area contributed by atoms with Crippen molar-refractivity contribution in [2.45, 2.75) is 34.2 Å². The Balaban J connectivity index is 1.85. The van der Waals surface area contributed by atoms with Gasteiger partial charge in [-0.25, -0.2) is 0 Å². The number of nitrogens with one attached hydrogen (secondary N) is 1. The molecule has 1 aromatic carbocycles. The van der Waals surface area contributed by atoms with Gasteiger partial charge in [0.1, 0.15) is 0 Å². The first-order chi connectivity index (χ1) is 8.26. The first-order valence-electron chi connectivity index (χ1n) is 6.41. The maximum atomic E-state index is 6.00. The van der Waals surface area contributed by atoms with Crippen molar-refractivity contribution >= 4 is 23.2 Å². The summed E-state index contributed by atoms with van der Waals surface area (Å²) in [6.07, 6.45) is 0. The van der Waals surface area contributed by atoms with Crippen molar-refractivity contribution in [2.75, 3.05) is 6.54 Å². The van der Waals surface area contributed by atoms with E-state index in [1.807, 2.05) is 18.2 Å². The summed E-state index contributed by atoms with van der Waals surface area (Å²) in [6.45, 7) is 11.3. The molecule has 0 spiro atoms. The molecule has 1 N–H and O–H groups in total. The van der Waals surface area contributed by atoms with Crippen LogP contribution in [0.15, 0.2) is 18.2 Å². The Morgan fingerprint density at radius 2 is 1.67 bits per heavy atom. The largest absolute Gasteiger partial charge is 0.312 e. The van der Waals surface area contributed by atoms with E-state index in [2.05, 4.69) is 33.0 Å². The summed E-state index contributed by atoms with van der Waals surface area (Å²) in [5.41, 5.74) is 2.07. The van der Waals surface area contributed by atoms with E-state index in [1.54, 1.807) is 0 Å². The van der Waals surface area contributed by atoms with Gasteiger partial charge in [0, 0.05) is 6.54 Å². The maximum absolute atomic E-state index is 6.00. The summed E-state index contributed by atoms with van der Waals surface area (Å²) in [5.74, 6) is 0.743. The van der Waals surface area contributed by atoms with Crippen LogP contribution in [0.3, 0.4) is 0 Å². The van der Waals surface area contributed by atoms with E-state index in [0.717, 1.165) is 19.0 Å². The van der Waals surface area contributed by atoms with Crippen molar-refractivity contribution in [2.24, 2.45) is 16.7 Å². The molecule has 1 saturated carbocycles. The molecule has 1 nitrogen and oxygen atoms in total. The second kappa shape index (κ2) is 4.70. The molecule has 1 aromatic rings. The van der Waals surface area contributed by atoms with Crippen molar-refractivity contribution in [3.8, 4) is 0 Å². The zero-order chi connectivity index (χ0) is 13.6. The monoisotopic (exact) mass is 285 g/mol. The van der Waals surface area contributed by atoms with Gasteiger partial charge >= 0.3 is 0 Å². The third kappa shape index (κ3) is 2.41. The molecular formula is C15H21Cl2N. The van der Waals surface area contributed by atoms with Gasteiger partial charge in [0.25, 0.3) is 0 Å². The summed E-state index contributed by atoms with van der Waals surface area (Å²) in [5, 5.41) is 4.76. The van der Waals surface area contributed by atoms with Gasteiger partial charge in [-0.2, -0.15) is 0 Å². The minimum absolute atomic E-state index is 0.442. The van der Waals surface area contributed by atoms with Crippen molar-refractivity contribution in [3.05, 3.63) is 33.8 Å². The van der Waals surface area contributed by atoms with Gasteiger partial charge in [0.15, 0.2) is 0 Å². The fourth-order valence-electron chi connectivity index (χ4n) is 2.85. The van der Waals surface area contributed by atoms with Gasteiger partial charge in [0.05, 0.1) is 10.0 Å². The lowest BCUT2D eigenvalue weighted by molar-refractivity contribution is 0.457. The fraction of sp³-hybridized carbons (Fsp3) is 0.600. The molecule has 0 atom stereocenters. The second-order valence-electron chi connectivity index (χ2n) is 6.38. The van der Waals surface area contributed by atoms with Crippen molar-refractivity contribution in [1.82, 2.24) is 5.32 Å². The van der Waals surface area contributed by atoms with E-state index in [-0.39, 0.29) is 0 Å². The third-order valence-electron chi connectivity index (χ3n) is 4.98.